The molecule has 0 spiro atoms. The second kappa shape index (κ2) is 5.24. The Hall–Kier alpha value is -1.93. The molecule has 16 heavy (non-hydrogen) atoms. The van der Waals surface area contributed by atoms with Gasteiger partial charge < -0.3 is 9.84 Å². The van der Waals surface area contributed by atoms with Gasteiger partial charge in [0.2, 0.25) is 0 Å². The van der Waals surface area contributed by atoms with Crippen LogP contribution in [0.1, 0.15) is 28.4 Å². The molecule has 0 aliphatic carbocycles. The van der Waals surface area contributed by atoms with Crippen molar-refractivity contribution in [2.45, 2.75) is 13.5 Å². The average molecular weight is 223 g/mol. The minimum Gasteiger partial charge on any atom is -0.462 e. The van der Waals surface area contributed by atoms with Crippen molar-refractivity contribution in [1.82, 2.24) is 0 Å². The van der Waals surface area contributed by atoms with Crippen molar-refractivity contribution in [2.75, 3.05) is 6.61 Å². The van der Waals surface area contributed by atoms with Crippen molar-refractivity contribution in [3.05, 3.63) is 34.6 Å². The summed E-state index contributed by atoms with van der Waals surface area (Å²) >= 11 is 0. The smallest absolute Gasteiger partial charge is 0.338 e. The number of ether oxygens (including phenoxy) is 1. The number of carbonyl (C=O) groups excluding carboxylic acids is 1. The Morgan fingerprint density at radius 2 is 2.31 bits per heavy atom. The summed E-state index contributed by atoms with van der Waals surface area (Å²) in [5, 5.41) is 17.8. The number of nitrogens with zero attached hydrogens (tertiary/aromatic N) is 1. The number of halogens is 1. The number of aliphatic hydroxyl groups is 1. The van der Waals surface area contributed by atoms with E-state index in [-0.39, 0.29) is 23.3 Å². The van der Waals surface area contributed by atoms with Crippen molar-refractivity contribution >= 4 is 5.97 Å². The van der Waals surface area contributed by atoms with Crippen LogP contribution in [0.5, 0.6) is 0 Å². The lowest BCUT2D eigenvalue weighted by atomic mass is 10.0. The van der Waals surface area contributed by atoms with Gasteiger partial charge in [-0.05, 0) is 19.1 Å². The van der Waals surface area contributed by atoms with Crippen LogP contribution in [0.25, 0.3) is 0 Å². The lowest BCUT2D eigenvalue weighted by Crippen LogP contribution is -2.10. The summed E-state index contributed by atoms with van der Waals surface area (Å²) in [6.07, 6.45) is 0. The summed E-state index contributed by atoms with van der Waals surface area (Å²) in [4.78, 5) is 11.4. The number of rotatable bonds is 3. The fourth-order valence-electron chi connectivity index (χ4n) is 1.30. The van der Waals surface area contributed by atoms with Crippen molar-refractivity contribution in [1.29, 1.82) is 5.26 Å². The zero-order valence-electron chi connectivity index (χ0n) is 8.66. The molecule has 84 valence electrons. The van der Waals surface area contributed by atoms with Crippen LogP contribution in [0.4, 0.5) is 4.39 Å². The molecule has 5 heteroatoms. The Labute approximate surface area is 91.9 Å². The second-order valence-electron chi connectivity index (χ2n) is 2.94. The SMILES string of the molecule is CCOC(=O)c1ccc(F)c(C#N)c1CO. The molecule has 0 fully saturated rings. The Balaban J connectivity index is 3.31. The highest BCUT2D eigenvalue weighted by molar-refractivity contribution is 5.91. The minimum absolute atomic E-state index is 0.0160. The van der Waals surface area contributed by atoms with Crippen LogP contribution in [0.3, 0.4) is 0 Å². The third kappa shape index (κ3) is 2.18. The Morgan fingerprint density at radius 3 is 2.81 bits per heavy atom. The first kappa shape index (κ1) is 12.1. The normalized spacial score (nSPS) is 9.62. The van der Waals surface area contributed by atoms with Gasteiger partial charge in [-0.1, -0.05) is 0 Å². The zero-order valence-corrected chi connectivity index (χ0v) is 8.66. The molecule has 0 aliphatic rings. The first-order valence-electron chi connectivity index (χ1n) is 4.65. The van der Waals surface area contributed by atoms with Crippen LogP contribution >= 0.6 is 0 Å². The van der Waals surface area contributed by atoms with Gasteiger partial charge in [0.05, 0.1) is 24.3 Å². The minimum atomic E-state index is -0.764. The van der Waals surface area contributed by atoms with Crippen LogP contribution in [0, 0.1) is 17.1 Å². The van der Waals surface area contributed by atoms with E-state index in [0.717, 1.165) is 6.07 Å². The van der Waals surface area contributed by atoms with E-state index in [1.165, 1.54) is 6.07 Å². The molecule has 1 aromatic carbocycles. The average Bonchev–Trinajstić information content (AvgIpc) is 2.28. The van der Waals surface area contributed by atoms with Gasteiger partial charge in [-0.25, -0.2) is 9.18 Å². The highest BCUT2D eigenvalue weighted by Gasteiger charge is 2.18. The van der Waals surface area contributed by atoms with Crippen LogP contribution < -0.4 is 0 Å². The Kier molecular flexibility index (Phi) is 3.97. The van der Waals surface area contributed by atoms with E-state index in [2.05, 4.69) is 0 Å². The molecule has 0 bridgehead atoms. The number of hydrogen-bond acceptors (Lipinski definition) is 4. The summed E-state index contributed by atoms with van der Waals surface area (Å²) in [5.41, 5.74) is -0.351. The molecule has 0 saturated heterocycles. The summed E-state index contributed by atoms with van der Waals surface area (Å²) in [6, 6.07) is 3.81. The van der Waals surface area contributed by atoms with Gasteiger partial charge in [0.15, 0.2) is 0 Å². The topological polar surface area (TPSA) is 70.3 Å². The van der Waals surface area contributed by atoms with Gasteiger partial charge in [-0.3, -0.25) is 0 Å². The fourth-order valence-corrected chi connectivity index (χ4v) is 1.30. The number of nitriles is 1. The third-order valence-electron chi connectivity index (χ3n) is 2.03. The van der Waals surface area contributed by atoms with Gasteiger partial charge >= 0.3 is 5.97 Å². The zero-order chi connectivity index (χ0) is 12.1. The number of aliphatic hydroxyl groups excluding tert-OH is 1. The van der Waals surface area contributed by atoms with E-state index in [1.807, 2.05) is 0 Å². The molecule has 0 heterocycles. The van der Waals surface area contributed by atoms with Gasteiger partial charge in [0, 0.05) is 5.56 Å². The van der Waals surface area contributed by atoms with Gasteiger partial charge in [-0.15, -0.1) is 0 Å². The lowest BCUT2D eigenvalue weighted by Gasteiger charge is -2.08. The molecule has 0 unspecified atom stereocenters. The quantitative estimate of drug-likeness (QED) is 0.785. The third-order valence-corrected chi connectivity index (χ3v) is 2.03. The predicted molar refractivity (Wildman–Crippen MR) is 53.0 cm³/mol. The monoisotopic (exact) mass is 223 g/mol. The van der Waals surface area contributed by atoms with Crippen molar-refractivity contribution in [2.24, 2.45) is 0 Å². The molecule has 0 radical (unpaired) electrons. The van der Waals surface area contributed by atoms with Crippen molar-refractivity contribution in [3.63, 3.8) is 0 Å². The van der Waals surface area contributed by atoms with Crippen LogP contribution in [0.15, 0.2) is 12.1 Å². The summed E-state index contributed by atoms with van der Waals surface area (Å²) < 4.78 is 17.9. The maximum atomic E-state index is 13.2. The molecule has 1 N–H and O–H groups in total. The Bertz CT molecular complexity index is 451. The number of esters is 1. The highest BCUT2D eigenvalue weighted by Crippen LogP contribution is 2.18. The molecule has 1 aromatic rings. The largest absolute Gasteiger partial charge is 0.462 e. The highest BCUT2D eigenvalue weighted by atomic mass is 19.1. The molecule has 4 nitrogen and oxygen atoms in total. The maximum absolute atomic E-state index is 13.2. The molecule has 1 rings (SSSR count). The molecule has 0 aromatic heterocycles. The summed E-state index contributed by atoms with van der Waals surface area (Å²) in [7, 11) is 0. The van der Waals surface area contributed by atoms with E-state index >= 15 is 0 Å². The number of hydrogen-bond donors (Lipinski definition) is 1. The molecule has 0 saturated carbocycles. The van der Waals surface area contributed by atoms with Gasteiger partial charge in [0.1, 0.15) is 11.9 Å². The number of carbonyl (C=O) groups is 1. The van der Waals surface area contributed by atoms with Crippen molar-refractivity contribution < 1.29 is 19.0 Å². The fraction of sp³-hybridized carbons (Fsp3) is 0.273. The molecular formula is C11H10FNO3. The summed E-state index contributed by atoms with van der Waals surface area (Å²) in [6.45, 7) is 1.21. The number of benzene rings is 1. The first-order chi connectivity index (χ1) is 7.65. The van der Waals surface area contributed by atoms with E-state index in [9.17, 15) is 9.18 Å². The molecule has 0 amide bonds. The van der Waals surface area contributed by atoms with Crippen LogP contribution in [-0.4, -0.2) is 17.7 Å². The van der Waals surface area contributed by atoms with Crippen molar-refractivity contribution in [3.8, 4) is 6.07 Å². The molecule has 0 atom stereocenters. The lowest BCUT2D eigenvalue weighted by molar-refractivity contribution is 0.0522. The molecular weight excluding hydrogens is 213 g/mol. The first-order valence-corrected chi connectivity index (χ1v) is 4.65. The van der Waals surface area contributed by atoms with E-state index in [1.54, 1.807) is 13.0 Å². The van der Waals surface area contributed by atoms with Crippen LogP contribution in [0.2, 0.25) is 0 Å². The van der Waals surface area contributed by atoms with Gasteiger partial charge in [0.25, 0.3) is 0 Å². The van der Waals surface area contributed by atoms with E-state index < -0.39 is 18.4 Å². The second-order valence-corrected chi connectivity index (χ2v) is 2.94. The molecule has 0 aliphatic heterocycles. The van der Waals surface area contributed by atoms with E-state index in [4.69, 9.17) is 15.1 Å². The van der Waals surface area contributed by atoms with Gasteiger partial charge in [-0.2, -0.15) is 5.26 Å². The predicted octanol–water partition coefficient (Wildman–Crippen LogP) is 1.37. The Morgan fingerprint density at radius 1 is 1.62 bits per heavy atom. The summed E-state index contributed by atoms with van der Waals surface area (Å²) in [5.74, 6) is -1.44. The maximum Gasteiger partial charge on any atom is 0.338 e. The van der Waals surface area contributed by atoms with Crippen LogP contribution in [-0.2, 0) is 11.3 Å². The standard InChI is InChI=1S/C11H10FNO3/c1-2-16-11(15)7-3-4-10(12)8(5-13)9(7)6-14/h3-4,14H,2,6H2,1H3. The van der Waals surface area contributed by atoms with E-state index in [0.29, 0.717) is 0 Å².